The minimum atomic E-state index is -0.0193. The third-order valence-electron chi connectivity index (χ3n) is 2.00. The van der Waals surface area contributed by atoms with Crippen LogP contribution in [0, 0.1) is 5.92 Å². The number of rotatable bonds is 3. The molecule has 0 spiro atoms. The van der Waals surface area contributed by atoms with Crippen molar-refractivity contribution in [3.63, 3.8) is 0 Å². The molecule has 1 amide bonds. The number of aromatic amines is 1. The van der Waals surface area contributed by atoms with Gasteiger partial charge in [-0.05, 0) is 5.92 Å². The van der Waals surface area contributed by atoms with E-state index in [1.165, 1.54) is 0 Å². The smallest absolute Gasteiger partial charge is 0.228 e. The van der Waals surface area contributed by atoms with Gasteiger partial charge in [0.1, 0.15) is 0 Å². The van der Waals surface area contributed by atoms with E-state index < -0.39 is 0 Å². The molecule has 2 N–H and O–H groups in total. The van der Waals surface area contributed by atoms with E-state index in [-0.39, 0.29) is 11.8 Å². The van der Waals surface area contributed by atoms with Gasteiger partial charge in [-0.1, -0.05) is 27.7 Å². The molecule has 1 aromatic heterocycles. The number of carbonyl (C=O) groups is 1. The summed E-state index contributed by atoms with van der Waals surface area (Å²) in [5.74, 6) is 0.973. The number of carbonyl (C=O) groups excluding carboxylic acids is 1. The molecule has 1 aromatic rings. The van der Waals surface area contributed by atoms with Gasteiger partial charge in [0.2, 0.25) is 5.91 Å². The molecule has 0 saturated heterocycles. The van der Waals surface area contributed by atoms with Crippen molar-refractivity contribution in [3.05, 3.63) is 11.8 Å². The molecule has 0 saturated carbocycles. The molecular weight excluding hydrogens is 178 g/mol. The second-order valence-electron chi connectivity index (χ2n) is 4.01. The largest absolute Gasteiger partial charge is 0.309 e. The highest BCUT2D eigenvalue weighted by Gasteiger charge is 2.10. The first kappa shape index (κ1) is 10.8. The highest BCUT2D eigenvalue weighted by atomic mass is 16.1. The molecule has 4 heteroatoms. The summed E-state index contributed by atoms with van der Waals surface area (Å²) in [6.45, 7) is 7.85. The summed E-state index contributed by atoms with van der Waals surface area (Å²) in [5, 5.41) is 9.62. The van der Waals surface area contributed by atoms with Crippen molar-refractivity contribution in [3.8, 4) is 0 Å². The van der Waals surface area contributed by atoms with Crippen molar-refractivity contribution in [2.24, 2.45) is 5.92 Å². The Hall–Kier alpha value is -1.32. The third-order valence-corrected chi connectivity index (χ3v) is 2.00. The normalized spacial score (nSPS) is 11.0. The highest BCUT2D eigenvalue weighted by Crippen LogP contribution is 2.15. The first-order valence-electron chi connectivity index (χ1n) is 4.87. The Labute approximate surface area is 84.1 Å². The van der Waals surface area contributed by atoms with Crippen LogP contribution in [0.4, 0.5) is 5.82 Å². The van der Waals surface area contributed by atoms with E-state index in [0.29, 0.717) is 11.7 Å². The number of hydrogen-bond donors (Lipinski definition) is 2. The van der Waals surface area contributed by atoms with E-state index in [2.05, 4.69) is 29.4 Å². The van der Waals surface area contributed by atoms with Crippen molar-refractivity contribution in [2.45, 2.75) is 33.6 Å². The molecule has 78 valence electrons. The highest BCUT2D eigenvalue weighted by molar-refractivity contribution is 5.91. The van der Waals surface area contributed by atoms with Gasteiger partial charge < -0.3 is 5.32 Å². The van der Waals surface area contributed by atoms with Crippen LogP contribution in [0.15, 0.2) is 6.07 Å². The summed E-state index contributed by atoms with van der Waals surface area (Å²) in [7, 11) is 0. The summed E-state index contributed by atoms with van der Waals surface area (Å²) in [6, 6.07) is 1.87. The van der Waals surface area contributed by atoms with Crippen LogP contribution in [0.25, 0.3) is 0 Å². The van der Waals surface area contributed by atoms with Crippen molar-refractivity contribution in [1.82, 2.24) is 10.2 Å². The van der Waals surface area contributed by atoms with Crippen LogP contribution in [0.5, 0.6) is 0 Å². The number of amides is 1. The van der Waals surface area contributed by atoms with Gasteiger partial charge in [-0.15, -0.1) is 0 Å². The fraction of sp³-hybridized carbons (Fsp3) is 0.600. The summed E-state index contributed by atoms with van der Waals surface area (Å²) in [6.07, 6.45) is 0. The van der Waals surface area contributed by atoms with Crippen LogP contribution in [0.2, 0.25) is 0 Å². The molecule has 0 radical (unpaired) electrons. The van der Waals surface area contributed by atoms with Crippen LogP contribution in [-0.2, 0) is 4.79 Å². The van der Waals surface area contributed by atoms with Gasteiger partial charge in [-0.3, -0.25) is 9.89 Å². The van der Waals surface area contributed by atoms with E-state index in [1.54, 1.807) is 0 Å². The Morgan fingerprint density at radius 1 is 1.43 bits per heavy atom. The van der Waals surface area contributed by atoms with Crippen molar-refractivity contribution < 1.29 is 4.79 Å². The van der Waals surface area contributed by atoms with Gasteiger partial charge in [0.25, 0.3) is 0 Å². The second-order valence-corrected chi connectivity index (χ2v) is 4.01. The first-order valence-corrected chi connectivity index (χ1v) is 4.87. The number of anilines is 1. The minimum Gasteiger partial charge on any atom is -0.309 e. The molecule has 0 aromatic carbocycles. The van der Waals surface area contributed by atoms with Gasteiger partial charge in [0, 0.05) is 17.7 Å². The Bertz CT molecular complexity index is 315. The number of nitrogens with zero attached hydrogens (tertiary/aromatic N) is 1. The zero-order valence-corrected chi connectivity index (χ0v) is 9.09. The molecule has 4 nitrogen and oxygen atoms in total. The number of aromatic nitrogens is 2. The van der Waals surface area contributed by atoms with Crippen LogP contribution in [0.1, 0.15) is 39.3 Å². The topological polar surface area (TPSA) is 57.8 Å². The monoisotopic (exact) mass is 195 g/mol. The van der Waals surface area contributed by atoms with Crippen molar-refractivity contribution in [1.29, 1.82) is 0 Å². The van der Waals surface area contributed by atoms with Crippen molar-refractivity contribution >= 4 is 11.7 Å². The molecule has 14 heavy (non-hydrogen) atoms. The number of hydrogen-bond acceptors (Lipinski definition) is 2. The minimum absolute atomic E-state index is 0.00759. The van der Waals surface area contributed by atoms with E-state index in [0.717, 1.165) is 5.69 Å². The SMILES string of the molecule is CC(C)C(=O)Nc1cc(C(C)C)[nH]n1. The average Bonchev–Trinajstić information content (AvgIpc) is 2.52. The predicted octanol–water partition coefficient (Wildman–Crippen LogP) is 2.13. The van der Waals surface area contributed by atoms with Crippen LogP contribution in [-0.4, -0.2) is 16.1 Å². The Balaban J connectivity index is 2.64. The quantitative estimate of drug-likeness (QED) is 0.776. The number of H-pyrrole nitrogens is 1. The molecular formula is C10H17N3O. The first-order chi connectivity index (χ1) is 6.50. The maximum atomic E-state index is 11.3. The van der Waals surface area contributed by atoms with Crippen molar-refractivity contribution in [2.75, 3.05) is 5.32 Å². The summed E-state index contributed by atoms with van der Waals surface area (Å²) in [4.78, 5) is 11.3. The maximum absolute atomic E-state index is 11.3. The Kier molecular flexibility index (Phi) is 3.28. The lowest BCUT2D eigenvalue weighted by Gasteiger charge is -2.03. The molecule has 0 unspecified atom stereocenters. The summed E-state index contributed by atoms with van der Waals surface area (Å²) < 4.78 is 0. The Morgan fingerprint density at radius 2 is 2.07 bits per heavy atom. The van der Waals surface area contributed by atoms with Gasteiger partial charge in [0.15, 0.2) is 5.82 Å². The summed E-state index contributed by atoms with van der Waals surface area (Å²) in [5.41, 5.74) is 1.03. The van der Waals surface area contributed by atoms with Gasteiger partial charge in [-0.25, -0.2) is 0 Å². The van der Waals surface area contributed by atoms with Gasteiger partial charge in [0.05, 0.1) is 0 Å². The van der Waals surface area contributed by atoms with E-state index in [4.69, 9.17) is 0 Å². The maximum Gasteiger partial charge on any atom is 0.228 e. The molecule has 0 fully saturated rings. The lowest BCUT2D eigenvalue weighted by atomic mass is 10.1. The molecule has 0 aliphatic carbocycles. The molecule has 1 heterocycles. The fourth-order valence-electron chi connectivity index (χ4n) is 0.967. The van der Waals surface area contributed by atoms with Crippen LogP contribution < -0.4 is 5.32 Å². The molecule has 1 rings (SSSR count). The fourth-order valence-corrected chi connectivity index (χ4v) is 0.967. The standard InChI is InChI=1S/C10H17N3O/c1-6(2)8-5-9(13-12-8)11-10(14)7(3)4/h5-7H,1-4H3,(H2,11,12,13,14). The van der Waals surface area contributed by atoms with Gasteiger partial charge >= 0.3 is 0 Å². The Morgan fingerprint density at radius 3 is 2.50 bits per heavy atom. The van der Waals surface area contributed by atoms with E-state index in [9.17, 15) is 4.79 Å². The van der Waals surface area contributed by atoms with Crippen LogP contribution >= 0.6 is 0 Å². The number of nitrogens with one attached hydrogen (secondary N) is 2. The predicted molar refractivity (Wildman–Crippen MR) is 56.1 cm³/mol. The zero-order valence-electron chi connectivity index (χ0n) is 9.09. The zero-order chi connectivity index (χ0) is 10.7. The van der Waals surface area contributed by atoms with Crippen LogP contribution in [0.3, 0.4) is 0 Å². The molecule has 0 aliphatic rings. The molecule has 0 atom stereocenters. The lowest BCUT2D eigenvalue weighted by Crippen LogP contribution is -2.17. The third kappa shape index (κ3) is 2.58. The molecule has 0 bridgehead atoms. The average molecular weight is 195 g/mol. The molecule has 0 aliphatic heterocycles. The second kappa shape index (κ2) is 4.26. The summed E-state index contributed by atoms with van der Waals surface area (Å²) >= 11 is 0. The lowest BCUT2D eigenvalue weighted by molar-refractivity contribution is -0.118. The van der Waals surface area contributed by atoms with E-state index in [1.807, 2.05) is 19.9 Å². The van der Waals surface area contributed by atoms with E-state index >= 15 is 0 Å². The van der Waals surface area contributed by atoms with Gasteiger partial charge in [-0.2, -0.15) is 5.10 Å².